The Balaban J connectivity index is 1.69. The summed E-state index contributed by atoms with van der Waals surface area (Å²) >= 11 is 0. The second-order valence-corrected chi connectivity index (χ2v) is 7.12. The predicted molar refractivity (Wildman–Crippen MR) is 94.8 cm³/mol. The number of likely N-dealkylation sites (tertiary alicyclic amines) is 1. The molecule has 1 atom stereocenters. The molecule has 3 rings (SSSR count). The lowest BCUT2D eigenvalue weighted by molar-refractivity contribution is 0.0433. The molecule has 1 aliphatic heterocycles. The molecule has 6 nitrogen and oxygen atoms in total. The molecule has 0 spiro atoms. The topological polar surface area (TPSA) is 91.5 Å². The molecule has 128 valence electrons. The largest absolute Gasteiger partial charge is 0.389 e. The number of pyridine rings is 1. The number of nitrogen functional groups attached to an aromatic ring is 1. The molecule has 0 bridgehead atoms. The summed E-state index contributed by atoms with van der Waals surface area (Å²) in [4.78, 5) is 19.0. The maximum Gasteiger partial charge on any atom is 0.255 e. The molecule has 1 aliphatic rings. The fourth-order valence-electron chi connectivity index (χ4n) is 3.22. The Labute approximate surface area is 141 Å². The number of nitrogens with zero attached hydrogens (tertiary/aromatic N) is 2. The maximum absolute atomic E-state index is 12.6. The minimum absolute atomic E-state index is 0.0609. The monoisotopic (exact) mass is 328 g/mol. The number of amides is 1. The van der Waals surface area contributed by atoms with Crippen LogP contribution in [0.3, 0.4) is 0 Å². The molecule has 4 N–H and O–H groups in total. The Morgan fingerprint density at radius 1 is 1.46 bits per heavy atom. The molecule has 0 saturated carbocycles. The molecule has 6 heteroatoms. The van der Waals surface area contributed by atoms with Gasteiger partial charge in [-0.1, -0.05) is 18.2 Å². The molecule has 2 aromatic rings. The summed E-state index contributed by atoms with van der Waals surface area (Å²) in [5, 5.41) is 13.8. The Hall–Kier alpha value is -2.18. The lowest BCUT2D eigenvalue weighted by Gasteiger charge is -2.25. The van der Waals surface area contributed by atoms with Crippen LogP contribution in [0.1, 0.15) is 30.6 Å². The second kappa shape index (κ2) is 6.37. The summed E-state index contributed by atoms with van der Waals surface area (Å²) in [5.74, 6) is 0.0541. The average molecular weight is 328 g/mol. The molecular weight excluding hydrogens is 304 g/mol. The standard InChI is InChI=1S/C18H24N4O2/c1-18(2,24)11-22-8-7-13(10-22)20-17(23)14-9-12-5-3-4-6-15(12)21-16(14)19/h3-6,9,13,24H,7-8,10-11H2,1-2H3,(H2,19,21)(H,20,23)/t13-/m1/s1. The van der Waals surface area contributed by atoms with E-state index in [1.165, 1.54) is 0 Å². The molecule has 0 unspecified atom stereocenters. The number of carbonyl (C=O) groups excluding carboxylic acids is 1. The van der Waals surface area contributed by atoms with Crippen LogP contribution in [0.15, 0.2) is 30.3 Å². The van der Waals surface area contributed by atoms with Crippen molar-refractivity contribution in [2.75, 3.05) is 25.4 Å². The van der Waals surface area contributed by atoms with Crippen LogP contribution in [-0.4, -0.2) is 52.2 Å². The zero-order chi connectivity index (χ0) is 17.3. The van der Waals surface area contributed by atoms with E-state index >= 15 is 0 Å². The number of rotatable bonds is 4. The van der Waals surface area contributed by atoms with E-state index in [9.17, 15) is 9.90 Å². The number of nitrogens with two attached hydrogens (primary N) is 1. The summed E-state index contributed by atoms with van der Waals surface area (Å²) in [5.41, 5.74) is 6.42. The lowest BCUT2D eigenvalue weighted by atomic mass is 10.1. The number of fused-ring (bicyclic) bond motifs is 1. The molecule has 1 aromatic carbocycles. The molecule has 1 fully saturated rings. The van der Waals surface area contributed by atoms with Crippen molar-refractivity contribution in [3.05, 3.63) is 35.9 Å². The number of nitrogens with one attached hydrogen (secondary N) is 1. The number of para-hydroxylation sites is 1. The third-order valence-electron chi connectivity index (χ3n) is 4.22. The number of β-amino-alcohol motifs (C(OH)–C–C–N with tert-alkyl or cyclic N) is 1. The molecule has 1 saturated heterocycles. The summed E-state index contributed by atoms with van der Waals surface area (Å²) in [6.07, 6.45) is 0.864. The third-order valence-corrected chi connectivity index (χ3v) is 4.22. The van der Waals surface area contributed by atoms with Crippen LogP contribution in [-0.2, 0) is 0 Å². The number of anilines is 1. The van der Waals surface area contributed by atoms with Crippen LogP contribution in [0.4, 0.5) is 5.82 Å². The normalized spacial score (nSPS) is 18.9. The minimum Gasteiger partial charge on any atom is -0.389 e. The fourth-order valence-corrected chi connectivity index (χ4v) is 3.22. The number of carbonyl (C=O) groups is 1. The average Bonchev–Trinajstić information content (AvgIpc) is 2.91. The van der Waals surface area contributed by atoms with Crippen LogP contribution in [0, 0.1) is 0 Å². The van der Waals surface area contributed by atoms with Gasteiger partial charge < -0.3 is 16.2 Å². The Morgan fingerprint density at radius 2 is 2.21 bits per heavy atom. The number of hydrogen-bond acceptors (Lipinski definition) is 5. The van der Waals surface area contributed by atoms with Crippen molar-refractivity contribution in [3.8, 4) is 0 Å². The molecule has 1 aromatic heterocycles. The van der Waals surface area contributed by atoms with Gasteiger partial charge in [0.15, 0.2) is 0 Å². The van der Waals surface area contributed by atoms with E-state index in [1.54, 1.807) is 19.9 Å². The zero-order valence-corrected chi connectivity index (χ0v) is 14.1. The van der Waals surface area contributed by atoms with Crippen LogP contribution >= 0.6 is 0 Å². The van der Waals surface area contributed by atoms with Gasteiger partial charge in [-0.3, -0.25) is 9.69 Å². The van der Waals surface area contributed by atoms with Gasteiger partial charge >= 0.3 is 0 Å². The van der Waals surface area contributed by atoms with Gasteiger partial charge in [-0.15, -0.1) is 0 Å². The van der Waals surface area contributed by atoms with Crippen LogP contribution in [0.2, 0.25) is 0 Å². The highest BCUT2D eigenvalue weighted by atomic mass is 16.3. The maximum atomic E-state index is 12.6. The second-order valence-electron chi connectivity index (χ2n) is 7.12. The lowest BCUT2D eigenvalue weighted by Crippen LogP contribution is -2.41. The van der Waals surface area contributed by atoms with E-state index in [1.807, 2.05) is 24.3 Å². The van der Waals surface area contributed by atoms with Gasteiger partial charge in [0.05, 0.1) is 16.7 Å². The summed E-state index contributed by atoms with van der Waals surface area (Å²) in [6.45, 7) is 5.77. The predicted octanol–water partition coefficient (Wildman–Crippen LogP) is 1.39. The van der Waals surface area contributed by atoms with Crippen molar-refractivity contribution in [1.29, 1.82) is 0 Å². The fraction of sp³-hybridized carbons (Fsp3) is 0.444. The van der Waals surface area contributed by atoms with Crippen LogP contribution < -0.4 is 11.1 Å². The summed E-state index contributed by atoms with van der Waals surface area (Å²) in [6, 6.07) is 9.44. The van der Waals surface area contributed by atoms with E-state index in [0.29, 0.717) is 12.1 Å². The zero-order valence-electron chi connectivity index (χ0n) is 14.1. The smallest absolute Gasteiger partial charge is 0.255 e. The van der Waals surface area contributed by atoms with Crippen molar-refractivity contribution in [2.45, 2.75) is 31.9 Å². The summed E-state index contributed by atoms with van der Waals surface area (Å²) < 4.78 is 0. The highest BCUT2D eigenvalue weighted by molar-refractivity contribution is 6.01. The van der Waals surface area contributed by atoms with E-state index in [4.69, 9.17) is 5.73 Å². The van der Waals surface area contributed by atoms with E-state index < -0.39 is 5.60 Å². The Kier molecular flexibility index (Phi) is 4.43. The van der Waals surface area contributed by atoms with E-state index in [2.05, 4.69) is 15.2 Å². The number of aromatic nitrogens is 1. The first-order valence-electron chi connectivity index (χ1n) is 8.23. The molecule has 24 heavy (non-hydrogen) atoms. The van der Waals surface area contributed by atoms with Crippen molar-refractivity contribution >= 4 is 22.6 Å². The van der Waals surface area contributed by atoms with Crippen molar-refractivity contribution in [3.63, 3.8) is 0 Å². The number of benzene rings is 1. The van der Waals surface area contributed by atoms with Gasteiger partial charge in [0.25, 0.3) is 5.91 Å². The highest BCUT2D eigenvalue weighted by Gasteiger charge is 2.28. The third kappa shape index (κ3) is 3.83. The van der Waals surface area contributed by atoms with Crippen LogP contribution in [0.25, 0.3) is 10.9 Å². The van der Waals surface area contributed by atoms with E-state index in [-0.39, 0.29) is 17.8 Å². The SMILES string of the molecule is CC(C)(O)CN1CC[C@@H](NC(=O)c2cc3ccccc3nc2N)C1. The number of aliphatic hydroxyl groups is 1. The van der Waals surface area contributed by atoms with Crippen molar-refractivity contribution in [2.24, 2.45) is 0 Å². The quantitative estimate of drug-likeness (QED) is 0.789. The van der Waals surface area contributed by atoms with Gasteiger partial charge in [0, 0.05) is 31.1 Å². The number of hydrogen-bond donors (Lipinski definition) is 3. The van der Waals surface area contributed by atoms with E-state index in [0.717, 1.165) is 30.4 Å². The van der Waals surface area contributed by atoms with Crippen molar-refractivity contribution in [1.82, 2.24) is 15.2 Å². The van der Waals surface area contributed by atoms with Gasteiger partial charge in [-0.05, 0) is 32.4 Å². The van der Waals surface area contributed by atoms with Crippen molar-refractivity contribution < 1.29 is 9.90 Å². The van der Waals surface area contributed by atoms with Gasteiger partial charge in [-0.2, -0.15) is 0 Å². The molecular formula is C18H24N4O2. The molecule has 0 aliphatic carbocycles. The van der Waals surface area contributed by atoms with Crippen LogP contribution in [0.5, 0.6) is 0 Å². The van der Waals surface area contributed by atoms with Gasteiger partial charge in [0.2, 0.25) is 0 Å². The first-order chi connectivity index (χ1) is 11.3. The molecule has 0 radical (unpaired) electrons. The Bertz CT molecular complexity index is 754. The Morgan fingerprint density at radius 3 is 2.96 bits per heavy atom. The first-order valence-corrected chi connectivity index (χ1v) is 8.23. The van der Waals surface area contributed by atoms with Gasteiger partial charge in [-0.25, -0.2) is 4.98 Å². The molecule has 2 heterocycles. The molecule has 1 amide bonds. The minimum atomic E-state index is -0.731. The highest BCUT2D eigenvalue weighted by Crippen LogP contribution is 2.19. The summed E-state index contributed by atoms with van der Waals surface area (Å²) in [7, 11) is 0. The van der Waals surface area contributed by atoms with Gasteiger partial charge in [0.1, 0.15) is 5.82 Å². The first kappa shape index (κ1) is 16.7.